The third-order valence-corrected chi connectivity index (χ3v) is 3.36. The highest BCUT2D eigenvalue weighted by Crippen LogP contribution is 2.32. The van der Waals surface area contributed by atoms with E-state index >= 15 is 0 Å². The summed E-state index contributed by atoms with van der Waals surface area (Å²) in [5, 5.41) is 11.0. The van der Waals surface area contributed by atoms with Crippen molar-refractivity contribution in [3.63, 3.8) is 0 Å². The van der Waals surface area contributed by atoms with Gasteiger partial charge < -0.3 is 9.84 Å². The summed E-state index contributed by atoms with van der Waals surface area (Å²) in [4.78, 5) is 0. The van der Waals surface area contributed by atoms with Crippen LogP contribution in [0.2, 0.25) is 10.0 Å². The molecular weight excluding hydrogens is 247 g/mol. The Morgan fingerprint density at radius 2 is 2.06 bits per heavy atom. The highest BCUT2D eigenvalue weighted by Gasteiger charge is 2.22. The predicted molar refractivity (Wildman–Crippen MR) is 67.1 cm³/mol. The van der Waals surface area contributed by atoms with Crippen LogP contribution in [-0.2, 0) is 4.74 Å². The van der Waals surface area contributed by atoms with Crippen molar-refractivity contribution >= 4 is 23.2 Å². The Morgan fingerprint density at radius 1 is 1.38 bits per heavy atom. The van der Waals surface area contributed by atoms with E-state index in [1.807, 2.05) is 6.92 Å². The molecule has 1 aromatic rings. The summed E-state index contributed by atoms with van der Waals surface area (Å²) in [6.07, 6.45) is 0.728. The van der Waals surface area contributed by atoms with Crippen LogP contribution in [0, 0.1) is 0 Å². The van der Waals surface area contributed by atoms with Crippen LogP contribution in [0.5, 0.6) is 0 Å². The Kier molecular flexibility index (Phi) is 5.56. The average Bonchev–Trinajstić information content (AvgIpc) is 2.29. The standard InChI is InChI=1S/C12H16Cl2O2/c1-3-5-10(16-2)12(15)8-6-4-7-9(13)11(8)14/h4,6-7,10,12,15H,3,5H2,1-2H3. The molecule has 0 aromatic heterocycles. The van der Waals surface area contributed by atoms with Gasteiger partial charge in [-0.15, -0.1) is 0 Å². The van der Waals surface area contributed by atoms with E-state index in [1.54, 1.807) is 25.3 Å². The number of ether oxygens (including phenoxy) is 1. The first kappa shape index (κ1) is 13.8. The molecular formula is C12H16Cl2O2. The van der Waals surface area contributed by atoms with Gasteiger partial charge in [-0.05, 0) is 12.5 Å². The molecule has 16 heavy (non-hydrogen) atoms. The first-order valence-electron chi connectivity index (χ1n) is 5.26. The lowest BCUT2D eigenvalue weighted by Gasteiger charge is -2.22. The van der Waals surface area contributed by atoms with E-state index in [9.17, 15) is 5.11 Å². The summed E-state index contributed by atoms with van der Waals surface area (Å²) in [5.74, 6) is 0. The maximum absolute atomic E-state index is 10.1. The third-order valence-electron chi connectivity index (χ3n) is 2.53. The zero-order chi connectivity index (χ0) is 12.1. The van der Waals surface area contributed by atoms with Crippen molar-refractivity contribution in [1.82, 2.24) is 0 Å². The Morgan fingerprint density at radius 3 is 2.62 bits per heavy atom. The van der Waals surface area contributed by atoms with Crippen LogP contribution >= 0.6 is 23.2 Å². The fourth-order valence-electron chi connectivity index (χ4n) is 1.64. The van der Waals surface area contributed by atoms with Gasteiger partial charge in [0.1, 0.15) is 6.10 Å². The van der Waals surface area contributed by atoms with E-state index in [-0.39, 0.29) is 6.10 Å². The van der Waals surface area contributed by atoms with Gasteiger partial charge >= 0.3 is 0 Å². The van der Waals surface area contributed by atoms with Gasteiger partial charge in [0, 0.05) is 12.7 Å². The number of hydrogen-bond donors (Lipinski definition) is 1. The molecule has 2 unspecified atom stereocenters. The molecule has 90 valence electrons. The maximum Gasteiger partial charge on any atom is 0.107 e. The van der Waals surface area contributed by atoms with Crippen molar-refractivity contribution in [2.75, 3.05) is 7.11 Å². The lowest BCUT2D eigenvalue weighted by Crippen LogP contribution is -2.21. The first-order chi connectivity index (χ1) is 7.61. The molecule has 0 radical (unpaired) electrons. The highest BCUT2D eigenvalue weighted by molar-refractivity contribution is 6.42. The highest BCUT2D eigenvalue weighted by atomic mass is 35.5. The van der Waals surface area contributed by atoms with Crippen molar-refractivity contribution in [1.29, 1.82) is 0 Å². The maximum atomic E-state index is 10.1. The molecule has 1 aromatic carbocycles. The minimum absolute atomic E-state index is 0.249. The van der Waals surface area contributed by atoms with Crippen molar-refractivity contribution < 1.29 is 9.84 Å². The van der Waals surface area contributed by atoms with Crippen LogP contribution < -0.4 is 0 Å². The molecule has 0 amide bonds. The van der Waals surface area contributed by atoms with Crippen LogP contribution in [-0.4, -0.2) is 18.3 Å². The van der Waals surface area contributed by atoms with Crippen LogP contribution in [0.25, 0.3) is 0 Å². The van der Waals surface area contributed by atoms with Crippen molar-refractivity contribution in [2.45, 2.75) is 32.0 Å². The number of methoxy groups -OCH3 is 1. The SMILES string of the molecule is CCCC(OC)C(O)c1cccc(Cl)c1Cl. The van der Waals surface area contributed by atoms with E-state index in [1.165, 1.54) is 0 Å². The van der Waals surface area contributed by atoms with E-state index < -0.39 is 6.10 Å². The summed E-state index contributed by atoms with van der Waals surface area (Å²) >= 11 is 11.9. The molecule has 2 atom stereocenters. The second-order valence-electron chi connectivity index (χ2n) is 3.65. The molecule has 0 saturated heterocycles. The van der Waals surface area contributed by atoms with Gasteiger partial charge in [-0.2, -0.15) is 0 Å². The van der Waals surface area contributed by atoms with Crippen LogP contribution in [0.15, 0.2) is 18.2 Å². The lowest BCUT2D eigenvalue weighted by molar-refractivity contribution is -0.0179. The molecule has 0 heterocycles. The normalized spacial score (nSPS) is 14.8. The monoisotopic (exact) mass is 262 g/mol. The Bertz CT molecular complexity index is 342. The van der Waals surface area contributed by atoms with Crippen molar-refractivity contribution in [2.24, 2.45) is 0 Å². The van der Waals surface area contributed by atoms with E-state index in [4.69, 9.17) is 27.9 Å². The number of halogens is 2. The summed E-state index contributed by atoms with van der Waals surface area (Å²) in [6, 6.07) is 5.23. The molecule has 0 saturated carbocycles. The minimum Gasteiger partial charge on any atom is -0.386 e. The molecule has 0 fully saturated rings. The van der Waals surface area contributed by atoms with Gasteiger partial charge in [-0.1, -0.05) is 48.7 Å². The first-order valence-corrected chi connectivity index (χ1v) is 6.02. The number of aliphatic hydroxyl groups is 1. The molecule has 1 N–H and O–H groups in total. The van der Waals surface area contributed by atoms with Gasteiger partial charge in [0.15, 0.2) is 0 Å². The van der Waals surface area contributed by atoms with Gasteiger partial charge in [0.05, 0.1) is 16.1 Å². The number of hydrogen-bond acceptors (Lipinski definition) is 2. The fourth-order valence-corrected chi connectivity index (χ4v) is 2.06. The molecule has 0 aliphatic carbocycles. The summed E-state index contributed by atoms with van der Waals surface area (Å²) in [7, 11) is 1.59. The topological polar surface area (TPSA) is 29.5 Å². The number of rotatable bonds is 5. The van der Waals surface area contributed by atoms with E-state index in [0.717, 1.165) is 12.8 Å². The minimum atomic E-state index is -0.740. The van der Waals surface area contributed by atoms with Crippen molar-refractivity contribution in [3.05, 3.63) is 33.8 Å². The van der Waals surface area contributed by atoms with Crippen molar-refractivity contribution in [3.8, 4) is 0 Å². The van der Waals surface area contributed by atoms with Gasteiger partial charge in [0.2, 0.25) is 0 Å². The quantitative estimate of drug-likeness (QED) is 0.874. The second-order valence-corrected chi connectivity index (χ2v) is 4.44. The molecule has 1 rings (SSSR count). The number of aliphatic hydroxyl groups excluding tert-OH is 1. The van der Waals surface area contributed by atoms with Crippen LogP contribution in [0.1, 0.15) is 31.4 Å². The molecule has 0 aliphatic heterocycles. The van der Waals surface area contributed by atoms with Crippen LogP contribution in [0.3, 0.4) is 0 Å². The van der Waals surface area contributed by atoms with E-state index in [0.29, 0.717) is 15.6 Å². The molecule has 0 spiro atoms. The summed E-state index contributed by atoms with van der Waals surface area (Å²) in [6.45, 7) is 2.04. The molecule has 2 nitrogen and oxygen atoms in total. The largest absolute Gasteiger partial charge is 0.386 e. The average molecular weight is 263 g/mol. The Hall–Kier alpha value is -0.280. The number of benzene rings is 1. The second kappa shape index (κ2) is 6.45. The zero-order valence-corrected chi connectivity index (χ0v) is 10.9. The molecule has 0 bridgehead atoms. The Balaban J connectivity index is 2.94. The summed E-state index contributed by atoms with van der Waals surface area (Å²) in [5.41, 5.74) is 0.620. The van der Waals surface area contributed by atoms with Crippen LogP contribution in [0.4, 0.5) is 0 Å². The predicted octanol–water partition coefficient (Wildman–Crippen LogP) is 3.84. The van der Waals surface area contributed by atoms with E-state index in [2.05, 4.69) is 0 Å². The Labute approximate surface area is 106 Å². The smallest absolute Gasteiger partial charge is 0.107 e. The third kappa shape index (κ3) is 3.11. The zero-order valence-electron chi connectivity index (χ0n) is 9.41. The van der Waals surface area contributed by atoms with Gasteiger partial charge in [-0.3, -0.25) is 0 Å². The molecule has 0 aliphatic rings. The van der Waals surface area contributed by atoms with Gasteiger partial charge in [0.25, 0.3) is 0 Å². The van der Waals surface area contributed by atoms with Gasteiger partial charge in [-0.25, -0.2) is 0 Å². The lowest BCUT2D eigenvalue weighted by atomic mass is 10.0. The fraction of sp³-hybridized carbons (Fsp3) is 0.500. The molecule has 4 heteroatoms. The summed E-state index contributed by atoms with van der Waals surface area (Å²) < 4.78 is 5.25.